The Morgan fingerprint density at radius 2 is 2.25 bits per heavy atom. The van der Waals surface area contributed by atoms with Gasteiger partial charge in [-0.15, -0.1) is 0 Å². The Morgan fingerprint density at radius 1 is 1.62 bits per heavy atom. The van der Waals surface area contributed by atoms with Gasteiger partial charge in [0.2, 0.25) is 10.0 Å². The number of nitrogens with zero attached hydrogens (tertiary/aromatic N) is 2. The predicted molar refractivity (Wildman–Crippen MR) is 58.9 cm³/mol. The summed E-state index contributed by atoms with van der Waals surface area (Å²) >= 11 is 0. The Labute approximate surface area is 95.3 Å². The summed E-state index contributed by atoms with van der Waals surface area (Å²) in [6, 6.07) is 3.45. The lowest BCUT2D eigenvalue weighted by Crippen LogP contribution is -2.33. The second-order valence-corrected chi connectivity index (χ2v) is 5.93. The molecule has 0 fully saturated rings. The molecule has 5 nitrogen and oxygen atoms in total. The van der Waals surface area contributed by atoms with Crippen LogP contribution in [0.4, 0.5) is 0 Å². The molecule has 6 heteroatoms. The van der Waals surface area contributed by atoms with Gasteiger partial charge in [-0.3, -0.25) is 0 Å². The summed E-state index contributed by atoms with van der Waals surface area (Å²) in [7, 11) is -2.10. The third-order valence-electron chi connectivity index (χ3n) is 2.42. The molecule has 0 aliphatic rings. The van der Waals surface area contributed by atoms with Gasteiger partial charge in [0.15, 0.2) is 5.25 Å². The van der Waals surface area contributed by atoms with Gasteiger partial charge in [0.1, 0.15) is 5.76 Å². The summed E-state index contributed by atoms with van der Waals surface area (Å²) < 4.78 is 29.8. The Balaban J connectivity index is 2.86. The number of sulfonamides is 1. The van der Waals surface area contributed by atoms with Crippen LogP contribution in [0.1, 0.15) is 18.2 Å². The zero-order valence-electron chi connectivity index (χ0n) is 9.47. The van der Waals surface area contributed by atoms with Crippen molar-refractivity contribution in [3.63, 3.8) is 0 Å². The maximum Gasteiger partial charge on any atom is 0.230 e. The van der Waals surface area contributed by atoms with Crippen molar-refractivity contribution in [3.05, 3.63) is 23.7 Å². The van der Waals surface area contributed by atoms with Crippen molar-refractivity contribution in [2.45, 2.75) is 25.6 Å². The molecular weight excluding hydrogens is 228 g/mol. The second kappa shape index (κ2) is 4.68. The first-order chi connectivity index (χ1) is 7.39. The zero-order chi connectivity index (χ0) is 12.3. The van der Waals surface area contributed by atoms with Crippen LogP contribution in [-0.2, 0) is 16.6 Å². The molecule has 0 bridgehead atoms. The summed E-state index contributed by atoms with van der Waals surface area (Å²) in [5.74, 6) is 0.687. The molecule has 88 valence electrons. The van der Waals surface area contributed by atoms with Crippen LogP contribution in [0.5, 0.6) is 0 Å². The molecule has 1 unspecified atom stereocenters. The van der Waals surface area contributed by atoms with E-state index in [1.807, 2.05) is 0 Å². The number of hydrogen-bond donors (Lipinski definition) is 0. The van der Waals surface area contributed by atoms with Gasteiger partial charge >= 0.3 is 0 Å². The van der Waals surface area contributed by atoms with Crippen LogP contribution in [-0.4, -0.2) is 25.0 Å². The summed E-state index contributed by atoms with van der Waals surface area (Å²) in [4.78, 5) is 0. The van der Waals surface area contributed by atoms with E-state index in [1.54, 1.807) is 19.1 Å². The highest BCUT2D eigenvalue weighted by Crippen LogP contribution is 2.15. The molecule has 0 aliphatic heterocycles. The fourth-order valence-corrected chi connectivity index (χ4v) is 2.23. The minimum Gasteiger partial charge on any atom is -0.469 e. The normalized spacial score (nSPS) is 13.7. The van der Waals surface area contributed by atoms with Crippen molar-refractivity contribution < 1.29 is 12.8 Å². The van der Waals surface area contributed by atoms with E-state index < -0.39 is 15.3 Å². The van der Waals surface area contributed by atoms with Gasteiger partial charge in [-0.2, -0.15) is 9.57 Å². The van der Waals surface area contributed by atoms with Crippen molar-refractivity contribution >= 4 is 10.0 Å². The van der Waals surface area contributed by atoms with E-state index in [9.17, 15) is 8.42 Å². The van der Waals surface area contributed by atoms with Crippen molar-refractivity contribution in [3.8, 4) is 6.07 Å². The highest BCUT2D eigenvalue weighted by molar-refractivity contribution is 7.89. The monoisotopic (exact) mass is 242 g/mol. The van der Waals surface area contributed by atoms with E-state index in [-0.39, 0.29) is 6.54 Å². The van der Waals surface area contributed by atoms with Crippen LogP contribution >= 0.6 is 0 Å². The molecule has 16 heavy (non-hydrogen) atoms. The molecule has 0 N–H and O–H groups in total. The van der Waals surface area contributed by atoms with Crippen LogP contribution in [0.3, 0.4) is 0 Å². The summed E-state index contributed by atoms with van der Waals surface area (Å²) in [5.41, 5.74) is 0.802. The molecule has 1 atom stereocenters. The standard InChI is InChI=1S/C10H14N2O3S/c1-8(6-11)16(13,14)12(3)7-10-4-5-15-9(10)2/h4-5,8H,7H2,1-3H3. The molecule has 0 radical (unpaired) electrons. The van der Waals surface area contributed by atoms with E-state index in [0.717, 1.165) is 5.56 Å². The van der Waals surface area contributed by atoms with Gasteiger partial charge in [0.25, 0.3) is 0 Å². The van der Waals surface area contributed by atoms with Crippen LogP contribution in [0.25, 0.3) is 0 Å². The maximum atomic E-state index is 11.8. The summed E-state index contributed by atoms with van der Waals surface area (Å²) in [6.07, 6.45) is 1.51. The molecule has 0 aromatic carbocycles. The quantitative estimate of drug-likeness (QED) is 0.796. The van der Waals surface area contributed by atoms with Crippen molar-refractivity contribution in [1.29, 1.82) is 5.26 Å². The molecule has 0 spiro atoms. The average molecular weight is 242 g/mol. The van der Waals surface area contributed by atoms with E-state index in [2.05, 4.69) is 0 Å². The first-order valence-electron chi connectivity index (χ1n) is 4.77. The molecule has 1 aromatic rings. The largest absolute Gasteiger partial charge is 0.469 e. The van der Waals surface area contributed by atoms with Crippen LogP contribution < -0.4 is 0 Å². The lowest BCUT2D eigenvalue weighted by Gasteiger charge is -2.17. The van der Waals surface area contributed by atoms with E-state index in [1.165, 1.54) is 24.5 Å². The zero-order valence-corrected chi connectivity index (χ0v) is 10.3. The molecular formula is C10H14N2O3S. The SMILES string of the molecule is Cc1occc1CN(C)S(=O)(=O)C(C)C#N. The molecule has 1 aromatic heterocycles. The lowest BCUT2D eigenvalue weighted by molar-refractivity contribution is 0.456. The molecule has 0 saturated heterocycles. The van der Waals surface area contributed by atoms with Gasteiger partial charge in [-0.1, -0.05) is 0 Å². The van der Waals surface area contributed by atoms with Crippen LogP contribution in [0.15, 0.2) is 16.7 Å². The van der Waals surface area contributed by atoms with Gasteiger partial charge in [-0.05, 0) is 19.9 Å². The third-order valence-corrected chi connectivity index (χ3v) is 4.42. The minimum absolute atomic E-state index is 0.219. The van der Waals surface area contributed by atoms with E-state index in [4.69, 9.17) is 9.68 Å². The first kappa shape index (κ1) is 12.7. The Bertz CT molecular complexity index is 498. The number of nitriles is 1. The van der Waals surface area contributed by atoms with Crippen LogP contribution in [0, 0.1) is 18.3 Å². The van der Waals surface area contributed by atoms with E-state index >= 15 is 0 Å². The van der Waals surface area contributed by atoms with Crippen molar-refractivity contribution in [2.75, 3.05) is 7.05 Å². The third kappa shape index (κ3) is 2.43. The smallest absolute Gasteiger partial charge is 0.230 e. The Morgan fingerprint density at radius 3 is 2.69 bits per heavy atom. The Kier molecular flexibility index (Phi) is 3.73. The van der Waals surface area contributed by atoms with E-state index in [0.29, 0.717) is 5.76 Å². The van der Waals surface area contributed by atoms with Gasteiger partial charge in [0.05, 0.1) is 12.3 Å². The average Bonchev–Trinajstić information content (AvgIpc) is 2.63. The molecule has 0 saturated carbocycles. The maximum absolute atomic E-state index is 11.8. The molecule has 0 aliphatic carbocycles. The number of aryl methyl sites for hydroxylation is 1. The first-order valence-corrected chi connectivity index (χ1v) is 6.27. The number of furan rings is 1. The molecule has 1 heterocycles. The lowest BCUT2D eigenvalue weighted by atomic mass is 10.3. The number of rotatable bonds is 4. The highest BCUT2D eigenvalue weighted by atomic mass is 32.2. The summed E-state index contributed by atoms with van der Waals surface area (Å²) in [5, 5.41) is 7.59. The second-order valence-electron chi connectivity index (χ2n) is 3.57. The minimum atomic E-state index is -3.55. The van der Waals surface area contributed by atoms with Crippen molar-refractivity contribution in [2.24, 2.45) is 0 Å². The molecule has 0 amide bonds. The fraction of sp³-hybridized carbons (Fsp3) is 0.500. The summed E-state index contributed by atoms with van der Waals surface area (Å²) in [6.45, 7) is 3.36. The fourth-order valence-electron chi connectivity index (χ4n) is 1.24. The predicted octanol–water partition coefficient (Wildman–Crippen LogP) is 1.26. The molecule has 1 rings (SSSR count). The topological polar surface area (TPSA) is 74.3 Å². The van der Waals surface area contributed by atoms with Gasteiger partial charge in [0, 0.05) is 19.2 Å². The highest BCUT2D eigenvalue weighted by Gasteiger charge is 2.26. The van der Waals surface area contributed by atoms with Crippen molar-refractivity contribution in [1.82, 2.24) is 4.31 Å². The Hall–Kier alpha value is -1.32. The van der Waals surface area contributed by atoms with Gasteiger partial charge < -0.3 is 4.42 Å². The van der Waals surface area contributed by atoms with Crippen LogP contribution in [0.2, 0.25) is 0 Å². The number of hydrogen-bond acceptors (Lipinski definition) is 4. The van der Waals surface area contributed by atoms with Gasteiger partial charge in [-0.25, -0.2) is 8.42 Å².